The third kappa shape index (κ3) is 4.60. The highest BCUT2D eigenvalue weighted by atomic mass is 127. The number of anilines is 1. The Labute approximate surface area is 144 Å². The Balaban J connectivity index is 2.33. The second-order valence-corrected chi connectivity index (χ2v) is 7.55. The molecular formula is C15H21IN4S. The summed E-state index contributed by atoms with van der Waals surface area (Å²) in [6.07, 6.45) is 1.67. The maximum Gasteiger partial charge on any atom is 0.143 e. The largest absolute Gasteiger partial charge is 0.369 e. The van der Waals surface area contributed by atoms with Gasteiger partial charge in [-0.1, -0.05) is 13.8 Å². The summed E-state index contributed by atoms with van der Waals surface area (Å²) >= 11 is 4.02. The van der Waals surface area contributed by atoms with Gasteiger partial charge < -0.3 is 5.32 Å². The molecule has 2 heterocycles. The van der Waals surface area contributed by atoms with Gasteiger partial charge in [-0.2, -0.15) is 0 Å². The second kappa shape index (κ2) is 7.49. The Morgan fingerprint density at radius 1 is 1.29 bits per heavy atom. The molecule has 21 heavy (non-hydrogen) atoms. The number of aromatic nitrogens is 3. The molecule has 0 aliphatic rings. The van der Waals surface area contributed by atoms with Crippen LogP contribution in [0.25, 0.3) is 0 Å². The summed E-state index contributed by atoms with van der Waals surface area (Å²) in [7, 11) is 0. The summed E-state index contributed by atoms with van der Waals surface area (Å²) in [6.45, 7) is 9.41. The van der Waals surface area contributed by atoms with Crippen LogP contribution in [0.3, 0.4) is 0 Å². The van der Waals surface area contributed by atoms with Crippen molar-refractivity contribution in [1.29, 1.82) is 0 Å². The second-order valence-electron chi connectivity index (χ2n) is 5.41. The first kappa shape index (κ1) is 16.6. The average Bonchev–Trinajstić information content (AvgIpc) is 2.80. The van der Waals surface area contributed by atoms with Gasteiger partial charge in [-0.15, -0.1) is 11.3 Å². The summed E-state index contributed by atoms with van der Waals surface area (Å²) in [6, 6.07) is 0. The number of thiazole rings is 1. The lowest BCUT2D eigenvalue weighted by molar-refractivity contribution is 0.628. The smallest absolute Gasteiger partial charge is 0.143 e. The molecule has 0 radical (unpaired) electrons. The molecule has 0 fully saturated rings. The average molecular weight is 416 g/mol. The normalized spacial score (nSPS) is 11.1. The van der Waals surface area contributed by atoms with Gasteiger partial charge in [-0.05, 0) is 48.8 Å². The van der Waals surface area contributed by atoms with Crippen LogP contribution in [0.2, 0.25) is 0 Å². The minimum atomic E-state index is 0.581. The lowest BCUT2D eigenvalue weighted by Crippen LogP contribution is -2.11. The zero-order chi connectivity index (χ0) is 15.4. The molecule has 2 rings (SSSR count). The van der Waals surface area contributed by atoms with Crippen molar-refractivity contribution < 1.29 is 0 Å². The van der Waals surface area contributed by atoms with E-state index >= 15 is 0 Å². The molecule has 0 atom stereocenters. The van der Waals surface area contributed by atoms with Crippen LogP contribution in [0.1, 0.15) is 43.0 Å². The number of hydrogen-bond donors (Lipinski definition) is 1. The first-order valence-electron chi connectivity index (χ1n) is 7.19. The number of aryl methyl sites for hydroxylation is 1. The van der Waals surface area contributed by atoms with Crippen molar-refractivity contribution >= 4 is 39.7 Å². The zero-order valence-corrected chi connectivity index (χ0v) is 15.9. The Bertz CT molecular complexity index is 610. The molecule has 0 saturated heterocycles. The number of nitrogens with one attached hydrogen (secondary N) is 1. The molecule has 114 valence electrons. The number of halogens is 1. The van der Waals surface area contributed by atoms with Crippen LogP contribution in [0.15, 0.2) is 5.38 Å². The molecule has 0 saturated carbocycles. The quantitative estimate of drug-likeness (QED) is 0.722. The minimum Gasteiger partial charge on any atom is -0.369 e. The molecule has 2 aromatic rings. The molecule has 0 aromatic carbocycles. The van der Waals surface area contributed by atoms with E-state index in [2.05, 4.69) is 64.0 Å². The van der Waals surface area contributed by atoms with Gasteiger partial charge in [-0.25, -0.2) is 15.0 Å². The number of rotatable bonds is 6. The Hall–Kier alpha value is -0.760. The van der Waals surface area contributed by atoms with E-state index in [1.165, 1.54) is 0 Å². The van der Waals surface area contributed by atoms with Gasteiger partial charge in [-0.3, -0.25) is 0 Å². The monoisotopic (exact) mass is 416 g/mol. The summed E-state index contributed by atoms with van der Waals surface area (Å²) in [4.78, 5) is 13.9. The van der Waals surface area contributed by atoms with Gasteiger partial charge in [0.05, 0.1) is 26.4 Å². The fourth-order valence-electron chi connectivity index (χ4n) is 2.08. The van der Waals surface area contributed by atoms with Crippen molar-refractivity contribution in [3.05, 3.63) is 31.2 Å². The van der Waals surface area contributed by atoms with Crippen LogP contribution >= 0.6 is 33.9 Å². The predicted octanol–water partition coefficient (Wildman–Crippen LogP) is 4.07. The molecule has 0 aliphatic carbocycles. The Kier molecular flexibility index (Phi) is 5.92. The van der Waals surface area contributed by atoms with E-state index in [-0.39, 0.29) is 0 Å². The SMILES string of the molecule is CCNc1nc(Cc2csc(C)n2)nc(CC(C)C)c1I. The lowest BCUT2D eigenvalue weighted by Gasteiger charge is -2.13. The van der Waals surface area contributed by atoms with Gasteiger partial charge in [0, 0.05) is 11.9 Å². The van der Waals surface area contributed by atoms with Gasteiger partial charge in [0.15, 0.2) is 0 Å². The molecule has 0 bridgehead atoms. The van der Waals surface area contributed by atoms with E-state index in [1.54, 1.807) is 11.3 Å². The van der Waals surface area contributed by atoms with Crippen molar-refractivity contribution in [2.45, 2.75) is 40.5 Å². The molecule has 2 aromatic heterocycles. The van der Waals surface area contributed by atoms with Crippen LogP contribution in [0, 0.1) is 16.4 Å². The predicted molar refractivity (Wildman–Crippen MR) is 97.1 cm³/mol. The van der Waals surface area contributed by atoms with Crippen molar-refractivity contribution in [2.24, 2.45) is 5.92 Å². The Morgan fingerprint density at radius 2 is 2.05 bits per heavy atom. The third-order valence-corrected chi connectivity index (χ3v) is 4.87. The van der Waals surface area contributed by atoms with E-state index in [9.17, 15) is 0 Å². The van der Waals surface area contributed by atoms with E-state index in [4.69, 9.17) is 4.98 Å². The third-order valence-electron chi connectivity index (χ3n) is 2.92. The van der Waals surface area contributed by atoms with Crippen molar-refractivity contribution in [2.75, 3.05) is 11.9 Å². The molecule has 6 heteroatoms. The standard InChI is InChI=1S/C15H21IN4S/c1-5-17-15-14(16)12(6-9(2)3)19-13(20-15)7-11-8-21-10(4)18-11/h8-9H,5-7H2,1-4H3,(H,17,19,20). The lowest BCUT2D eigenvalue weighted by atomic mass is 10.1. The van der Waals surface area contributed by atoms with Crippen LogP contribution in [0.5, 0.6) is 0 Å². The van der Waals surface area contributed by atoms with Crippen LogP contribution in [0.4, 0.5) is 5.82 Å². The maximum absolute atomic E-state index is 4.77. The molecule has 4 nitrogen and oxygen atoms in total. The Morgan fingerprint density at radius 3 is 2.62 bits per heavy atom. The van der Waals surface area contributed by atoms with E-state index in [1.807, 2.05) is 6.92 Å². The van der Waals surface area contributed by atoms with Crippen LogP contribution in [-0.2, 0) is 12.8 Å². The zero-order valence-electron chi connectivity index (χ0n) is 12.9. The number of hydrogen-bond acceptors (Lipinski definition) is 5. The highest BCUT2D eigenvalue weighted by molar-refractivity contribution is 14.1. The minimum absolute atomic E-state index is 0.581. The molecule has 0 spiro atoms. The first-order valence-corrected chi connectivity index (χ1v) is 9.15. The van der Waals surface area contributed by atoms with Crippen molar-refractivity contribution in [1.82, 2.24) is 15.0 Å². The summed E-state index contributed by atoms with van der Waals surface area (Å²) in [5.74, 6) is 2.38. The highest BCUT2D eigenvalue weighted by Gasteiger charge is 2.14. The molecule has 0 unspecified atom stereocenters. The molecule has 0 aliphatic heterocycles. The van der Waals surface area contributed by atoms with Crippen molar-refractivity contribution in [3.8, 4) is 0 Å². The van der Waals surface area contributed by atoms with Gasteiger partial charge in [0.1, 0.15) is 11.6 Å². The number of nitrogens with zero attached hydrogens (tertiary/aromatic N) is 3. The summed E-state index contributed by atoms with van der Waals surface area (Å²) in [5.41, 5.74) is 2.19. The van der Waals surface area contributed by atoms with Crippen LogP contribution in [-0.4, -0.2) is 21.5 Å². The fourth-order valence-corrected chi connectivity index (χ4v) is 3.35. The van der Waals surface area contributed by atoms with E-state index in [0.717, 1.165) is 44.6 Å². The van der Waals surface area contributed by atoms with Gasteiger partial charge in [0.25, 0.3) is 0 Å². The molecule has 1 N–H and O–H groups in total. The maximum atomic E-state index is 4.77. The van der Waals surface area contributed by atoms with Gasteiger partial charge >= 0.3 is 0 Å². The van der Waals surface area contributed by atoms with Crippen LogP contribution < -0.4 is 5.32 Å². The van der Waals surface area contributed by atoms with Gasteiger partial charge in [0.2, 0.25) is 0 Å². The van der Waals surface area contributed by atoms with Crippen molar-refractivity contribution in [3.63, 3.8) is 0 Å². The summed E-state index contributed by atoms with van der Waals surface area (Å²) in [5, 5.41) is 6.52. The summed E-state index contributed by atoms with van der Waals surface area (Å²) < 4.78 is 1.14. The molecule has 0 amide bonds. The fraction of sp³-hybridized carbons (Fsp3) is 0.533. The highest BCUT2D eigenvalue weighted by Crippen LogP contribution is 2.22. The first-order chi connectivity index (χ1) is 9.99. The van der Waals surface area contributed by atoms with E-state index in [0.29, 0.717) is 12.3 Å². The van der Waals surface area contributed by atoms with E-state index < -0.39 is 0 Å². The molecular weight excluding hydrogens is 395 g/mol. The topological polar surface area (TPSA) is 50.7 Å².